The molecule has 0 fully saturated rings. The van der Waals surface area contributed by atoms with Crippen LogP contribution >= 0.6 is 11.8 Å². The number of hydrogen-bond donors (Lipinski definition) is 1. The molecule has 0 unspecified atom stereocenters. The van der Waals surface area contributed by atoms with Gasteiger partial charge in [-0.3, -0.25) is 4.79 Å². The summed E-state index contributed by atoms with van der Waals surface area (Å²) in [6.45, 7) is 4.02. The lowest BCUT2D eigenvalue weighted by Crippen LogP contribution is -2.30. The molecular formula is C13H14F3N5O2S. The Labute approximate surface area is 139 Å². The van der Waals surface area contributed by atoms with Crippen molar-refractivity contribution in [2.75, 3.05) is 6.54 Å². The summed E-state index contributed by atoms with van der Waals surface area (Å²) >= 11 is 1.14. The number of carbonyl (C=O) groups is 1. The first kappa shape index (κ1) is 18.0. The molecule has 0 saturated carbocycles. The van der Waals surface area contributed by atoms with Crippen molar-refractivity contribution in [2.45, 2.75) is 30.6 Å². The molecule has 1 heterocycles. The van der Waals surface area contributed by atoms with Crippen molar-refractivity contribution >= 4 is 17.7 Å². The Morgan fingerprint density at radius 3 is 2.62 bits per heavy atom. The van der Waals surface area contributed by atoms with Crippen LogP contribution in [-0.4, -0.2) is 44.3 Å². The van der Waals surface area contributed by atoms with Gasteiger partial charge < -0.3 is 10.1 Å². The number of rotatable bonds is 6. The molecular weight excluding hydrogens is 347 g/mol. The van der Waals surface area contributed by atoms with Crippen molar-refractivity contribution in [2.24, 2.45) is 0 Å². The molecule has 0 radical (unpaired) electrons. The number of tetrazole rings is 1. The zero-order valence-corrected chi connectivity index (χ0v) is 13.6. The molecule has 2 rings (SSSR count). The molecule has 0 bridgehead atoms. The number of alkyl halides is 3. The van der Waals surface area contributed by atoms with E-state index in [4.69, 9.17) is 0 Å². The highest BCUT2D eigenvalue weighted by molar-refractivity contribution is 8.00. The van der Waals surface area contributed by atoms with Crippen LogP contribution in [0, 0.1) is 0 Å². The molecule has 0 saturated heterocycles. The van der Waals surface area contributed by atoms with E-state index in [-0.39, 0.29) is 11.7 Å². The molecule has 7 nitrogen and oxygen atoms in total. The smallest absolute Gasteiger partial charge is 0.406 e. The Morgan fingerprint density at radius 1 is 1.38 bits per heavy atom. The van der Waals surface area contributed by atoms with E-state index in [1.165, 1.54) is 16.8 Å². The monoisotopic (exact) mass is 361 g/mol. The molecule has 0 aliphatic heterocycles. The molecule has 130 valence electrons. The first-order valence-corrected chi connectivity index (χ1v) is 7.77. The first-order chi connectivity index (χ1) is 11.3. The lowest BCUT2D eigenvalue weighted by molar-refractivity contribution is -0.274. The highest BCUT2D eigenvalue weighted by Crippen LogP contribution is 2.26. The number of aromatic nitrogens is 4. The van der Waals surface area contributed by atoms with Crippen LogP contribution in [0.25, 0.3) is 5.69 Å². The molecule has 11 heteroatoms. The Balaban J connectivity index is 2.13. The van der Waals surface area contributed by atoms with Crippen LogP contribution in [-0.2, 0) is 4.79 Å². The molecule has 0 spiro atoms. The first-order valence-electron chi connectivity index (χ1n) is 6.89. The maximum absolute atomic E-state index is 12.2. The number of amides is 1. The van der Waals surface area contributed by atoms with Crippen molar-refractivity contribution in [1.29, 1.82) is 0 Å². The van der Waals surface area contributed by atoms with Gasteiger partial charge in [-0.15, -0.1) is 18.3 Å². The van der Waals surface area contributed by atoms with E-state index >= 15 is 0 Å². The zero-order chi connectivity index (χ0) is 17.7. The Hall–Kier alpha value is -2.30. The fourth-order valence-corrected chi connectivity index (χ4v) is 2.57. The summed E-state index contributed by atoms with van der Waals surface area (Å²) in [4.78, 5) is 11.8. The van der Waals surface area contributed by atoms with Crippen LogP contribution in [0.5, 0.6) is 5.75 Å². The largest absolute Gasteiger partial charge is 0.573 e. The Kier molecular flexibility index (Phi) is 5.65. The second-order valence-corrected chi connectivity index (χ2v) is 5.88. The van der Waals surface area contributed by atoms with E-state index in [1.807, 2.05) is 6.92 Å². The maximum atomic E-state index is 12.2. The van der Waals surface area contributed by atoms with Gasteiger partial charge in [0.1, 0.15) is 5.75 Å². The minimum atomic E-state index is -4.75. The van der Waals surface area contributed by atoms with E-state index in [1.54, 1.807) is 6.92 Å². The average Bonchev–Trinajstić information content (AvgIpc) is 2.94. The standard InChI is InChI=1S/C13H14F3N5O2S/c1-3-17-11(22)8(2)24-12-18-19-20-21(12)9-4-6-10(7-5-9)23-13(14,15)16/h4-8H,3H2,1-2H3,(H,17,22)/t8-/m0/s1. The summed E-state index contributed by atoms with van der Waals surface area (Å²) in [5.74, 6) is -0.504. The summed E-state index contributed by atoms with van der Waals surface area (Å²) in [5, 5.41) is 13.8. The van der Waals surface area contributed by atoms with Gasteiger partial charge in [-0.05, 0) is 48.5 Å². The van der Waals surface area contributed by atoms with Crippen molar-refractivity contribution in [3.8, 4) is 11.4 Å². The predicted molar refractivity (Wildman–Crippen MR) is 79.8 cm³/mol. The number of nitrogens with zero attached hydrogens (tertiary/aromatic N) is 4. The highest BCUT2D eigenvalue weighted by atomic mass is 32.2. The Bertz CT molecular complexity index is 690. The normalized spacial score (nSPS) is 12.7. The lowest BCUT2D eigenvalue weighted by atomic mass is 10.3. The number of hydrogen-bond acceptors (Lipinski definition) is 6. The van der Waals surface area contributed by atoms with Crippen LogP contribution in [0.1, 0.15) is 13.8 Å². The van der Waals surface area contributed by atoms with Crippen LogP contribution in [0.15, 0.2) is 29.4 Å². The van der Waals surface area contributed by atoms with Gasteiger partial charge in [0.2, 0.25) is 11.1 Å². The maximum Gasteiger partial charge on any atom is 0.573 e. The zero-order valence-electron chi connectivity index (χ0n) is 12.7. The van der Waals surface area contributed by atoms with Crippen molar-refractivity contribution in [3.63, 3.8) is 0 Å². The van der Waals surface area contributed by atoms with Crippen molar-refractivity contribution in [1.82, 2.24) is 25.5 Å². The van der Waals surface area contributed by atoms with Crippen LogP contribution in [0.2, 0.25) is 0 Å². The quantitative estimate of drug-likeness (QED) is 0.794. The van der Waals surface area contributed by atoms with Crippen molar-refractivity contribution in [3.05, 3.63) is 24.3 Å². The van der Waals surface area contributed by atoms with E-state index in [2.05, 4.69) is 25.6 Å². The molecule has 2 aromatic rings. The number of benzene rings is 1. The lowest BCUT2D eigenvalue weighted by Gasteiger charge is -2.11. The van der Waals surface area contributed by atoms with Gasteiger partial charge in [0.05, 0.1) is 10.9 Å². The molecule has 0 aliphatic rings. The summed E-state index contributed by atoms with van der Waals surface area (Å²) in [5.41, 5.74) is 0.445. The van der Waals surface area contributed by atoms with Gasteiger partial charge in [-0.25, -0.2) is 0 Å². The minimum absolute atomic E-state index is 0.161. The number of carbonyl (C=O) groups excluding carboxylic acids is 1. The minimum Gasteiger partial charge on any atom is -0.406 e. The van der Waals surface area contributed by atoms with Crippen molar-refractivity contribution < 1.29 is 22.7 Å². The molecule has 24 heavy (non-hydrogen) atoms. The third-order valence-corrected chi connectivity index (χ3v) is 3.79. The van der Waals surface area contributed by atoms with Crippen LogP contribution < -0.4 is 10.1 Å². The third-order valence-electron chi connectivity index (χ3n) is 2.76. The molecule has 0 aliphatic carbocycles. The van der Waals surface area contributed by atoms with Gasteiger partial charge in [0, 0.05) is 6.54 Å². The molecule has 1 N–H and O–H groups in total. The van der Waals surface area contributed by atoms with Gasteiger partial charge in [0.25, 0.3) is 0 Å². The number of ether oxygens (including phenoxy) is 1. The van der Waals surface area contributed by atoms with Gasteiger partial charge in [0.15, 0.2) is 0 Å². The molecule has 1 aromatic heterocycles. The van der Waals surface area contributed by atoms with Gasteiger partial charge in [-0.2, -0.15) is 4.68 Å². The SMILES string of the molecule is CCNC(=O)[C@H](C)Sc1nnnn1-c1ccc(OC(F)(F)F)cc1. The van der Waals surface area contributed by atoms with Crippen LogP contribution in [0.4, 0.5) is 13.2 Å². The highest BCUT2D eigenvalue weighted by Gasteiger charge is 2.31. The average molecular weight is 361 g/mol. The van der Waals surface area contributed by atoms with Gasteiger partial charge in [-0.1, -0.05) is 11.8 Å². The molecule has 1 atom stereocenters. The van der Waals surface area contributed by atoms with E-state index in [0.717, 1.165) is 23.9 Å². The van der Waals surface area contributed by atoms with E-state index in [9.17, 15) is 18.0 Å². The molecule has 1 amide bonds. The van der Waals surface area contributed by atoms with E-state index in [0.29, 0.717) is 17.4 Å². The van der Waals surface area contributed by atoms with E-state index < -0.39 is 11.6 Å². The van der Waals surface area contributed by atoms with Crippen LogP contribution in [0.3, 0.4) is 0 Å². The topological polar surface area (TPSA) is 81.9 Å². The molecule has 1 aromatic carbocycles. The number of thioether (sulfide) groups is 1. The number of halogens is 3. The summed E-state index contributed by atoms with van der Waals surface area (Å²) in [7, 11) is 0. The second kappa shape index (κ2) is 7.51. The van der Waals surface area contributed by atoms with Gasteiger partial charge >= 0.3 is 6.36 Å². The summed E-state index contributed by atoms with van der Waals surface area (Å²) < 4.78 is 41.6. The summed E-state index contributed by atoms with van der Waals surface area (Å²) in [6, 6.07) is 5.09. The Morgan fingerprint density at radius 2 is 2.04 bits per heavy atom. The number of nitrogens with one attached hydrogen (secondary N) is 1. The second-order valence-electron chi connectivity index (χ2n) is 4.57. The predicted octanol–water partition coefficient (Wildman–Crippen LogP) is 2.18. The summed E-state index contributed by atoms with van der Waals surface area (Å²) in [6.07, 6.45) is -4.75. The fraction of sp³-hybridized carbons (Fsp3) is 0.385. The third kappa shape index (κ3) is 4.85. The fourth-order valence-electron chi connectivity index (χ4n) is 1.73.